The molecule has 0 bridgehead atoms. The molecule has 2 aromatic heterocycles. The predicted octanol–water partition coefficient (Wildman–Crippen LogP) is 2.39. The number of fused-ring (bicyclic) bond motifs is 1. The zero-order valence-corrected chi connectivity index (χ0v) is 13.5. The van der Waals surface area contributed by atoms with E-state index in [1.807, 2.05) is 12.1 Å². The van der Waals surface area contributed by atoms with Crippen LogP contribution in [0, 0.1) is 5.92 Å². The third-order valence-corrected chi connectivity index (χ3v) is 4.44. The molecule has 122 valence electrons. The topological polar surface area (TPSA) is 88.5 Å². The van der Waals surface area contributed by atoms with Crippen molar-refractivity contribution in [3.63, 3.8) is 0 Å². The van der Waals surface area contributed by atoms with Crippen LogP contribution in [-0.2, 0) is 17.6 Å². The minimum atomic E-state index is -0.0959. The number of H-pyrrole nitrogens is 1. The fraction of sp³-hybridized carbons (Fsp3) is 0.250. The van der Waals surface area contributed by atoms with Crippen molar-refractivity contribution >= 4 is 23.2 Å². The van der Waals surface area contributed by atoms with Gasteiger partial charge in [-0.1, -0.05) is 11.6 Å². The number of aryl methyl sites for hydroxylation is 1. The van der Waals surface area contributed by atoms with Gasteiger partial charge in [-0.3, -0.25) is 4.79 Å². The normalized spacial score (nSPS) is 16.6. The van der Waals surface area contributed by atoms with Gasteiger partial charge >= 0.3 is 0 Å². The Balaban J connectivity index is 1.44. The Kier molecular flexibility index (Phi) is 3.78. The highest BCUT2D eigenvalue weighted by molar-refractivity contribution is 6.30. The van der Waals surface area contributed by atoms with Crippen molar-refractivity contribution in [2.45, 2.75) is 19.3 Å². The van der Waals surface area contributed by atoms with Crippen LogP contribution in [0.15, 0.2) is 36.7 Å². The van der Waals surface area contributed by atoms with Gasteiger partial charge in [0.05, 0.1) is 35.2 Å². The second-order valence-corrected chi connectivity index (χ2v) is 6.23. The Labute approximate surface area is 143 Å². The second kappa shape index (κ2) is 6.09. The Morgan fingerprint density at radius 3 is 2.88 bits per heavy atom. The van der Waals surface area contributed by atoms with Crippen molar-refractivity contribution in [2.24, 2.45) is 5.92 Å². The Bertz CT molecular complexity index is 869. The van der Waals surface area contributed by atoms with E-state index in [0.717, 1.165) is 29.9 Å². The molecule has 8 heteroatoms. The molecule has 1 unspecified atom stereocenters. The van der Waals surface area contributed by atoms with Crippen LogP contribution in [0.2, 0.25) is 5.02 Å². The molecule has 2 heterocycles. The maximum Gasteiger partial charge on any atom is 0.227 e. The van der Waals surface area contributed by atoms with Crippen LogP contribution in [0.25, 0.3) is 5.69 Å². The molecular formula is C16H15ClN6O. The highest BCUT2D eigenvalue weighted by atomic mass is 35.5. The summed E-state index contributed by atoms with van der Waals surface area (Å²) in [6.45, 7) is 0. The van der Waals surface area contributed by atoms with Crippen molar-refractivity contribution in [2.75, 3.05) is 5.32 Å². The maximum absolute atomic E-state index is 12.5. The third-order valence-electron chi connectivity index (χ3n) is 4.18. The third kappa shape index (κ3) is 2.90. The quantitative estimate of drug-likeness (QED) is 0.765. The highest BCUT2D eigenvalue weighted by Crippen LogP contribution is 2.24. The standard InChI is InChI=1S/C16H15ClN6O/c17-11-2-4-13(5-3-11)23-9-12(8-18-23)19-16(24)10-1-6-14-15(7-10)21-22-20-14/h2-5,8-10H,1,6-7H2,(H,19,24)(H,20,21,22). The summed E-state index contributed by atoms with van der Waals surface area (Å²) in [6.07, 6.45) is 5.58. The molecule has 0 radical (unpaired) electrons. The monoisotopic (exact) mass is 342 g/mol. The molecule has 0 fully saturated rings. The number of benzene rings is 1. The number of hydrogen-bond donors (Lipinski definition) is 2. The van der Waals surface area contributed by atoms with Crippen LogP contribution in [0.3, 0.4) is 0 Å². The van der Waals surface area contributed by atoms with E-state index in [-0.39, 0.29) is 11.8 Å². The van der Waals surface area contributed by atoms with Crippen LogP contribution in [0.4, 0.5) is 5.69 Å². The largest absolute Gasteiger partial charge is 0.323 e. The van der Waals surface area contributed by atoms with Gasteiger partial charge in [-0.05, 0) is 37.1 Å². The van der Waals surface area contributed by atoms with E-state index < -0.39 is 0 Å². The molecule has 1 atom stereocenters. The highest BCUT2D eigenvalue weighted by Gasteiger charge is 2.27. The van der Waals surface area contributed by atoms with Gasteiger partial charge in [-0.2, -0.15) is 20.5 Å². The molecule has 0 spiro atoms. The Hall–Kier alpha value is -2.67. The minimum absolute atomic E-state index is 0.0145. The van der Waals surface area contributed by atoms with Gasteiger partial charge in [0, 0.05) is 17.4 Å². The van der Waals surface area contributed by atoms with Gasteiger partial charge in [-0.25, -0.2) is 4.68 Å². The van der Waals surface area contributed by atoms with E-state index in [1.165, 1.54) is 0 Å². The fourth-order valence-corrected chi connectivity index (χ4v) is 3.00. The molecule has 1 amide bonds. The van der Waals surface area contributed by atoms with Gasteiger partial charge in [0.25, 0.3) is 0 Å². The van der Waals surface area contributed by atoms with Gasteiger partial charge in [-0.15, -0.1) is 0 Å². The van der Waals surface area contributed by atoms with Gasteiger partial charge in [0.15, 0.2) is 0 Å². The number of nitrogens with one attached hydrogen (secondary N) is 2. The van der Waals surface area contributed by atoms with E-state index in [2.05, 4.69) is 25.8 Å². The number of hydrogen-bond acceptors (Lipinski definition) is 4. The van der Waals surface area contributed by atoms with Crippen molar-refractivity contribution in [3.05, 3.63) is 53.1 Å². The first-order valence-electron chi connectivity index (χ1n) is 7.69. The predicted molar refractivity (Wildman–Crippen MR) is 89.1 cm³/mol. The van der Waals surface area contributed by atoms with Crippen LogP contribution >= 0.6 is 11.6 Å². The van der Waals surface area contributed by atoms with Gasteiger partial charge in [0.1, 0.15) is 0 Å². The number of anilines is 1. The molecular weight excluding hydrogens is 328 g/mol. The Morgan fingerprint density at radius 2 is 2.04 bits per heavy atom. The fourth-order valence-electron chi connectivity index (χ4n) is 2.88. The lowest BCUT2D eigenvalue weighted by Gasteiger charge is -2.19. The van der Waals surface area contributed by atoms with Gasteiger partial charge < -0.3 is 5.32 Å². The summed E-state index contributed by atoms with van der Waals surface area (Å²) in [5.74, 6) is -0.110. The second-order valence-electron chi connectivity index (χ2n) is 5.80. The van der Waals surface area contributed by atoms with E-state index in [4.69, 9.17) is 11.6 Å². The van der Waals surface area contributed by atoms with Crippen LogP contribution < -0.4 is 5.32 Å². The van der Waals surface area contributed by atoms with Crippen LogP contribution in [0.5, 0.6) is 0 Å². The smallest absolute Gasteiger partial charge is 0.227 e. The first-order chi connectivity index (χ1) is 11.7. The van der Waals surface area contributed by atoms with Crippen LogP contribution in [0.1, 0.15) is 17.8 Å². The molecule has 4 rings (SSSR count). The number of rotatable bonds is 3. The molecule has 0 aliphatic heterocycles. The lowest BCUT2D eigenvalue weighted by atomic mass is 9.89. The summed E-state index contributed by atoms with van der Waals surface area (Å²) < 4.78 is 1.70. The average molecular weight is 343 g/mol. The first kappa shape index (κ1) is 14.9. The molecule has 1 aromatic carbocycles. The summed E-state index contributed by atoms with van der Waals surface area (Å²) in [7, 11) is 0. The lowest BCUT2D eigenvalue weighted by Crippen LogP contribution is -2.28. The van der Waals surface area contributed by atoms with Crippen molar-refractivity contribution < 1.29 is 4.79 Å². The maximum atomic E-state index is 12.5. The van der Waals surface area contributed by atoms with E-state index in [9.17, 15) is 4.79 Å². The molecule has 3 aromatic rings. The number of halogens is 1. The van der Waals surface area contributed by atoms with E-state index in [0.29, 0.717) is 17.1 Å². The molecule has 2 N–H and O–H groups in total. The number of nitrogens with zero attached hydrogens (tertiary/aromatic N) is 4. The minimum Gasteiger partial charge on any atom is -0.323 e. The zero-order chi connectivity index (χ0) is 16.5. The number of carbonyl (C=O) groups excluding carboxylic acids is 1. The summed E-state index contributed by atoms with van der Waals surface area (Å²) in [5.41, 5.74) is 3.40. The van der Waals surface area contributed by atoms with E-state index >= 15 is 0 Å². The number of aromatic nitrogens is 5. The van der Waals surface area contributed by atoms with Crippen molar-refractivity contribution in [1.82, 2.24) is 25.2 Å². The summed E-state index contributed by atoms with van der Waals surface area (Å²) in [5, 5.41) is 18.7. The van der Waals surface area contributed by atoms with E-state index in [1.54, 1.807) is 29.2 Å². The first-order valence-corrected chi connectivity index (χ1v) is 8.07. The van der Waals surface area contributed by atoms with Gasteiger partial charge in [0.2, 0.25) is 5.91 Å². The average Bonchev–Trinajstić information content (AvgIpc) is 3.24. The Morgan fingerprint density at radius 1 is 1.25 bits per heavy atom. The number of aromatic amines is 1. The number of carbonyl (C=O) groups is 1. The molecule has 0 saturated carbocycles. The number of amides is 1. The lowest BCUT2D eigenvalue weighted by molar-refractivity contribution is -0.120. The van der Waals surface area contributed by atoms with Crippen molar-refractivity contribution in [1.29, 1.82) is 0 Å². The summed E-state index contributed by atoms with van der Waals surface area (Å²) in [6, 6.07) is 7.34. The summed E-state index contributed by atoms with van der Waals surface area (Å²) in [4.78, 5) is 12.5. The summed E-state index contributed by atoms with van der Waals surface area (Å²) >= 11 is 5.89. The molecule has 1 aliphatic rings. The molecule has 7 nitrogen and oxygen atoms in total. The van der Waals surface area contributed by atoms with Crippen molar-refractivity contribution in [3.8, 4) is 5.69 Å². The molecule has 24 heavy (non-hydrogen) atoms. The molecule has 0 saturated heterocycles. The van der Waals surface area contributed by atoms with Crippen LogP contribution in [-0.4, -0.2) is 31.1 Å². The zero-order valence-electron chi connectivity index (χ0n) is 12.7. The SMILES string of the molecule is O=C(Nc1cnn(-c2ccc(Cl)cc2)c1)C1CCc2n[nH]nc2C1. The molecule has 1 aliphatic carbocycles.